The largest absolute Gasteiger partial charge is 0.398 e. The number of aryl methyl sites for hydroxylation is 1. The van der Waals surface area contributed by atoms with Crippen LogP contribution in [0.2, 0.25) is 0 Å². The van der Waals surface area contributed by atoms with Crippen LogP contribution >= 0.6 is 0 Å². The SMILES string of the molecule is Cc1cccc(C(=O)Nc2cccc3ccccc23)c1N. The van der Waals surface area contributed by atoms with Gasteiger partial charge in [-0.15, -0.1) is 0 Å². The molecule has 0 unspecified atom stereocenters. The van der Waals surface area contributed by atoms with E-state index in [1.165, 1.54) is 0 Å². The predicted molar refractivity (Wildman–Crippen MR) is 87.5 cm³/mol. The van der Waals surface area contributed by atoms with Gasteiger partial charge in [-0.25, -0.2) is 0 Å². The number of carbonyl (C=O) groups excluding carboxylic acids is 1. The number of carbonyl (C=O) groups is 1. The third-order valence-electron chi connectivity index (χ3n) is 3.61. The molecule has 0 aliphatic carbocycles. The van der Waals surface area contributed by atoms with Crippen LogP contribution < -0.4 is 11.1 Å². The van der Waals surface area contributed by atoms with Crippen LogP contribution in [0, 0.1) is 6.92 Å². The molecule has 3 aromatic rings. The lowest BCUT2D eigenvalue weighted by atomic mass is 10.1. The van der Waals surface area contributed by atoms with Gasteiger partial charge in [-0.3, -0.25) is 4.79 Å². The molecule has 0 heterocycles. The van der Waals surface area contributed by atoms with E-state index >= 15 is 0 Å². The molecule has 0 aromatic heterocycles. The maximum atomic E-state index is 12.4. The highest BCUT2D eigenvalue weighted by atomic mass is 16.1. The molecule has 3 aromatic carbocycles. The first-order valence-electron chi connectivity index (χ1n) is 6.81. The van der Waals surface area contributed by atoms with E-state index in [0.717, 1.165) is 22.0 Å². The molecule has 3 rings (SSSR count). The summed E-state index contributed by atoms with van der Waals surface area (Å²) in [5.74, 6) is -0.187. The van der Waals surface area contributed by atoms with Gasteiger partial charge < -0.3 is 11.1 Å². The molecular weight excluding hydrogens is 260 g/mol. The topological polar surface area (TPSA) is 55.1 Å². The van der Waals surface area contributed by atoms with Crippen LogP contribution in [0.1, 0.15) is 15.9 Å². The lowest BCUT2D eigenvalue weighted by molar-refractivity contribution is 0.102. The van der Waals surface area contributed by atoms with Crippen LogP contribution in [0.3, 0.4) is 0 Å². The summed E-state index contributed by atoms with van der Waals surface area (Å²) >= 11 is 0. The van der Waals surface area contributed by atoms with Crippen LogP contribution in [0.5, 0.6) is 0 Å². The van der Waals surface area contributed by atoms with Crippen LogP contribution in [-0.4, -0.2) is 5.91 Å². The van der Waals surface area contributed by atoms with E-state index in [-0.39, 0.29) is 5.91 Å². The van der Waals surface area contributed by atoms with Crippen LogP contribution in [0.4, 0.5) is 11.4 Å². The van der Waals surface area contributed by atoms with Gasteiger partial charge in [0.2, 0.25) is 0 Å². The Morgan fingerprint density at radius 1 is 0.952 bits per heavy atom. The van der Waals surface area contributed by atoms with Gasteiger partial charge in [0.15, 0.2) is 0 Å². The molecule has 0 spiro atoms. The molecule has 0 atom stereocenters. The highest BCUT2D eigenvalue weighted by Crippen LogP contribution is 2.24. The Labute approximate surface area is 123 Å². The van der Waals surface area contributed by atoms with E-state index in [0.29, 0.717) is 11.3 Å². The molecule has 3 nitrogen and oxygen atoms in total. The van der Waals surface area contributed by atoms with E-state index in [9.17, 15) is 4.79 Å². The van der Waals surface area contributed by atoms with Crippen molar-refractivity contribution in [3.8, 4) is 0 Å². The van der Waals surface area contributed by atoms with Gasteiger partial charge >= 0.3 is 0 Å². The van der Waals surface area contributed by atoms with Crippen molar-refractivity contribution in [2.45, 2.75) is 6.92 Å². The second kappa shape index (κ2) is 5.29. The molecule has 0 radical (unpaired) electrons. The van der Waals surface area contributed by atoms with Crippen molar-refractivity contribution >= 4 is 28.1 Å². The Balaban J connectivity index is 1.99. The number of amides is 1. The van der Waals surface area contributed by atoms with Crippen LogP contribution in [0.25, 0.3) is 10.8 Å². The zero-order chi connectivity index (χ0) is 14.8. The maximum absolute atomic E-state index is 12.4. The van der Waals surface area contributed by atoms with Crippen molar-refractivity contribution in [2.75, 3.05) is 11.1 Å². The van der Waals surface area contributed by atoms with Gasteiger partial charge in [0.1, 0.15) is 0 Å². The first-order chi connectivity index (χ1) is 10.2. The molecule has 0 bridgehead atoms. The van der Waals surface area contributed by atoms with Gasteiger partial charge in [0, 0.05) is 16.8 Å². The molecule has 0 aliphatic heterocycles. The van der Waals surface area contributed by atoms with Gasteiger partial charge in [0.05, 0.1) is 5.56 Å². The first-order valence-corrected chi connectivity index (χ1v) is 6.81. The highest BCUT2D eigenvalue weighted by molar-refractivity contribution is 6.11. The van der Waals surface area contributed by atoms with E-state index in [2.05, 4.69) is 5.32 Å². The molecule has 1 amide bonds. The Morgan fingerprint density at radius 2 is 1.67 bits per heavy atom. The number of rotatable bonds is 2. The lowest BCUT2D eigenvalue weighted by Gasteiger charge is -2.11. The quantitative estimate of drug-likeness (QED) is 0.695. The normalized spacial score (nSPS) is 10.5. The summed E-state index contributed by atoms with van der Waals surface area (Å²) in [5, 5.41) is 5.05. The monoisotopic (exact) mass is 276 g/mol. The first kappa shape index (κ1) is 13.2. The van der Waals surface area contributed by atoms with E-state index in [1.807, 2.05) is 61.5 Å². The smallest absolute Gasteiger partial charge is 0.257 e. The number of fused-ring (bicyclic) bond motifs is 1. The number of nitrogens with one attached hydrogen (secondary N) is 1. The van der Waals surface area contributed by atoms with Crippen molar-refractivity contribution in [3.63, 3.8) is 0 Å². The molecule has 3 heteroatoms. The molecule has 0 fully saturated rings. The summed E-state index contributed by atoms with van der Waals surface area (Å²) < 4.78 is 0. The number of benzene rings is 3. The van der Waals surface area contributed by atoms with E-state index in [4.69, 9.17) is 5.73 Å². The zero-order valence-corrected chi connectivity index (χ0v) is 11.8. The van der Waals surface area contributed by atoms with Gasteiger partial charge in [-0.05, 0) is 30.0 Å². The average molecular weight is 276 g/mol. The van der Waals surface area contributed by atoms with Crippen molar-refractivity contribution in [1.29, 1.82) is 0 Å². The van der Waals surface area contributed by atoms with Gasteiger partial charge in [0.25, 0.3) is 5.91 Å². The van der Waals surface area contributed by atoms with E-state index < -0.39 is 0 Å². The third kappa shape index (κ3) is 2.46. The molecular formula is C18H16N2O. The minimum Gasteiger partial charge on any atom is -0.398 e. The lowest BCUT2D eigenvalue weighted by Crippen LogP contribution is -2.14. The number of para-hydroxylation sites is 1. The number of hydrogen-bond donors (Lipinski definition) is 2. The summed E-state index contributed by atoms with van der Waals surface area (Å²) in [7, 11) is 0. The molecule has 0 saturated heterocycles. The summed E-state index contributed by atoms with van der Waals surface area (Å²) in [6.07, 6.45) is 0. The third-order valence-corrected chi connectivity index (χ3v) is 3.61. The molecule has 21 heavy (non-hydrogen) atoms. The number of nitrogen functional groups attached to an aromatic ring is 1. The highest BCUT2D eigenvalue weighted by Gasteiger charge is 2.12. The van der Waals surface area contributed by atoms with E-state index in [1.54, 1.807) is 6.07 Å². The van der Waals surface area contributed by atoms with Crippen LogP contribution in [-0.2, 0) is 0 Å². The molecule has 104 valence electrons. The molecule has 0 saturated carbocycles. The second-order valence-electron chi connectivity index (χ2n) is 5.02. The Bertz CT molecular complexity index is 819. The van der Waals surface area contributed by atoms with Gasteiger partial charge in [-0.2, -0.15) is 0 Å². The minimum atomic E-state index is -0.187. The fourth-order valence-electron chi connectivity index (χ4n) is 2.40. The Morgan fingerprint density at radius 3 is 2.52 bits per heavy atom. The average Bonchev–Trinajstić information content (AvgIpc) is 2.50. The summed E-state index contributed by atoms with van der Waals surface area (Å²) in [6, 6.07) is 19.3. The maximum Gasteiger partial charge on any atom is 0.257 e. The number of hydrogen-bond acceptors (Lipinski definition) is 2. The van der Waals surface area contributed by atoms with Crippen molar-refractivity contribution in [1.82, 2.24) is 0 Å². The standard InChI is InChI=1S/C18H16N2O/c1-12-6-4-10-15(17(12)19)18(21)20-16-11-5-8-13-7-2-3-9-14(13)16/h2-11H,19H2,1H3,(H,20,21). The number of anilines is 2. The fourth-order valence-corrected chi connectivity index (χ4v) is 2.40. The van der Waals surface area contributed by atoms with Crippen molar-refractivity contribution in [3.05, 3.63) is 71.8 Å². The van der Waals surface area contributed by atoms with Crippen LogP contribution in [0.15, 0.2) is 60.7 Å². The van der Waals surface area contributed by atoms with Crippen molar-refractivity contribution < 1.29 is 4.79 Å². The summed E-state index contributed by atoms with van der Waals surface area (Å²) in [6.45, 7) is 1.89. The Kier molecular flexibility index (Phi) is 3.32. The number of nitrogens with two attached hydrogens (primary N) is 1. The summed E-state index contributed by atoms with van der Waals surface area (Å²) in [5.41, 5.74) is 8.71. The molecule has 3 N–H and O–H groups in total. The second-order valence-corrected chi connectivity index (χ2v) is 5.02. The predicted octanol–water partition coefficient (Wildman–Crippen LogP) is 3.98. The van der Waals surface area contributed by atoms with Crippen molar-refractivity contribution in [2.24, 2.45) is 0 Å². The zero-order valence-electron chi connectivity index (χ0n) is 11.8. The Hall–Kier alpha value is -2.81. The van der Waals surface area contributed by atoms with Gasteiger partial charge in [-0.1, -0.05) is 48.5 Å². The molecule has 0 aliphatic rings. The summed E-state index contributed by atoms with van der Waals surface area (Å²) in [4.78, 5) is 12.4. The fraction of sp³-hybridized carbons (Fsp3) is 0.0556. The minimum absolute atomic E-state index is 0.187.